The summed E-state index contributed by atoms with van der Waals surface area (Å²) in [6.07, 6.45) is 0. The zero-order valence-electron chi connectivity index (χ0n) is 18.5. The predicted molar refractivity (Wildman–Crippen MR) is 121 cm³/mol. The molecule has 1 fully saturated rings. The highest BCUT2D eigenvalue weighted by Gasteiger charge is 2.27. The molecule has 31 heavy (non-hydrogen) atoms. The van der Waals surface area contributed by atoms with Crippen molar-refractivity contribution in [3.63, 3.8) is 0 Å². The highest BCUT2D eigenvalue weighted by atomic mass is 32.2. The molecule has 9 heteroatoms. The van der Waals surface area contributed by atoms with Crippen LogP contribution in [0.25, 0.3) is 0 Å². The van der Waals surface area contributed by atoms with Crippen molar-refractivity contribution in [3.05, 3.63) is 48.0 Å². The number of sulfonamides is 1. The molecular weight excluding hydrogens is 418 g/mol. The Hall–Kier alpha value is -2.33. The van der Waals surface area contributed by atoms with Gasteiger partial charge < -0.3 is 19.1 Å². The Morgan fingerprint density at radius 1 is 1.06 bits per heavy atom. The first-order chi connectivity index (χ1) is 14.9. The van der Waals surface area contributed by atoms with Crippen molar-refractivity contribution in [1.82, 2.24) is 9.62 Å². The highest BCUT2D eigenvalue weighted by Crippen LogP contribution is 2.29. The Labute approximate surface area is 184 Å². The Morgan fingerprint density at radius 2 is 1.74 bits per heavy atom. The summed E-state index contributed by atoms with van der Waals surface area (Å²) in [6, 6.07) is 12.8. The van der Waals surface area contributed by atoms with Gasteiger partial charge in [0, 0.05) is 51.5 Å². The lowest BCUT2D eigenvalue weighted by atomic mass is 10.0. The first-order valence-electron chi connectivity index (χ1n) is 10.2. The van der Waals surface area contributed by atoms with Gasteiger partial charge >= 0.3 is 0 Å². The van der Waals surface area contributed by atoms with Crippen LogP contribution in [0.4, 0.5) is 5.69 Å². The maximum absolute atomic E-state index is 13.1. The molecule has 8 nitrogen and oxygen atoms in total. The molecule has 2 aromatic rings. The average molecular weight is 450 g/mol. The van der Waals surface area contributed by atoms with E-state index in [9.17, 15) is 8.42 Å². The van der Waals surface area contributed by atoms with Crippen molar-refractivity contribution in [3.8, 4) is 11.5 Å². The molecule has 3 rings (SSSR count). The van der Waals surface area contributed by atoms with Gasteiger partial charge in [-0.3, -0.25) is 4.90 Å². The number of nitrogens with zero attached hydrogens (tertiary/aromatic N) is 2. The van der Waals surface area contributed by atoms with Crippen molar-refractivity contribution >= 4 is 15.7 Å². The lowest BCUT2D eigenvalue weighted by Gasteiger charge is -2.35. The third kappa shape index (κ3) is 5.68. The molecule has 0 aromatic heterocycles. The number of morpholine rings is 1. The molecule has 170 valence electrons. The monoisotopic (exact) mass is 449 g/mol. The first-order valence-corrected chi connectivity index (χ1v) is 11.6. The summed E-state index contributed by atoms with van der Waals surface area (Å²) in [6.45, 7) is 2.96. The van der Waals surface area contributed by atoms with E-state index in [2.05, 4.69) is 21.8 Å². The van der Waals surface area contributed by atoms with E-state index in [0.29, 0.717) is 19.0 Å². The van der Waals surface area contributed by atoms with Gasteiger partial charge in [0.25, 0.3) is 0 Å². The Morgan fingerprint density at radius 3 is 2.32 bits per heavy atom. The summed E-state index contributed by atoms with van der Waals surface area (Å²) in [4.78, 5) is 4.34. The summed E-state index contributed by atoms with van der Waals surface area (Å²) in [5.41, 5.74) is 2.14. The third-order valence-electron chi connectivity index (χ3n) is 5.41. The molecule has 1 aliphatic heterocycles. The van der Waals surface area contributed by atoms with Crippen LogP contribution in [0, 0.1) is 0 Å². The molecular formula is C22H31N3O5S. The number of nitrogens with one attached hydrogen (secondary N) is 1. The van der Waals surface area contributed by atoms with Gasteiger partial charge in [0.15, 0.2) is 0 Å². The number of methoxy groups -OCH3 is 2. The summed E-state index contributed by atoms with van der Waals surface area (Å²) in [5, 5.41) is 0. The van der Waals surface area contributed by atoms with Gasteiger partial charge in [-0.25, -0.2) is 13.1 Å². The van der Waals surface area contributed by atoms with Crippen LogP contribution in [0.2, 0.25) is 0 Å². The molecule has 1 heterocycles. The minimum Gasteiger partial charge on any atom is -0.497 e. The van der Waals surface area contributed by atoms with Crippen LogP contribution < -0.4 is 19.1 Å². The summed E-state index contributed by atoms with van der Waals surface area (Å²) in [7, 11) is 3.11. The van der Waals surface area contributed by atoms with Gasteiger partial charge in [0.2, 0.25) is 10.0 Å². The molecule has 0 saturated carbocycles. The van der Waals surface area contributed by atoms with E-state index in [1.54, 1.807) is 12.1 Å². The zero-order valence-corrected chi connectivity index (χ0v) is 19.3. The SMILES string of the molecule is COc1ccc(OC)c(S(=O)(=O)NC[C@H](c2ccc(N(C)C)cc2)N2CCOCC2)c1. The van der Waals surface area contributed by atoms with Crippen LogP contribution in [0.1, 0.15) is 11.6 Å². The van der Waals surface area contributed by atoms with Gasteiger partial charge in [-0.1, -0.05) is 12.1 Å². The minimum atomic E-state index is -3.82. The minimum absolute atomic E-state index is 0.0537. The fourth-order valence-electron chi connectivity index (χ4n) is 3.60. The van der Waals surface area contributed by atoms with E-state index in [1.165, 1.54) is 20.3 Å². The van der Waals surface area contributed by atoms with Gasteiger partial charge in [-0.05, 0) is 29.8 Å². The lowest BCUT2D eigenvalue weighted by Crippen LogP contribution is -2.43. The Balaban J connectivity index is 1.86. The van der Waals surface area contributed by atoms with Gasteiger partial charge in [-0.15, -0.1) is 0 Å². The molecule has 0 bridgehead atoms. The fourth-order valence-corrected chi connectivity index (χ4v) is 4.82. The van der Waals surface area contributed by atoms with Crippen molar-refractivity contribution < 1.29 is 22.6 Å². The highest BCUT2D eigenvalue weighted by molar-refractivity contribution is 7.89. The van der Waals surface area contributed by atoms with Crippen LogP contribution >= 0.6 is 0 Å². The molecule has 0 unspecified atom stereocenters. The van der Waals surface area contributed by atoms with E-state index >= 15 is 0 Å². The molecule has 2 aromatic carbocycles. The molecule has 1 saturated heterocycles. The number of benzene rings is 2. The third-order valence-corrected chi connectivity index (χ3v) is 6.85. The number of rotatable bonds is 9. The van der Waals surface area contributed by atoms with Gasteiger partial charge in [-0.2, -0.15) is 0 Å². The van der Waals surface area contributed by atoms with Crippen LogP contribution in [0.15, 0.2) is 47.4 Å². The normalized spacial score (nSPS) is 16.0. The zero-order chi connectivity index (χ0) is 22.4. The molecule has 1 atom stereocenters. The largest absolute Gasteiger partial charge is 0.497 e. The molecule has 0 radical (unpaired) electrons. The Kier molecular flexibility index (Phi) is 7.77. The van der Waals surface area contributed by atoms with E-state index in [0.717, 1.165) is 24.3 Å². The van der Waals surface area contributed by atoms with E-state index in [4.69, 9.17) is 14.2 Å². The van der Waals surface area contributed by atoms with E-state index in [1.807, 2.05) is 31.1 Å². The van der Waals surface area contributed by atoms with Crippen LogP contribution in [0.3, 0.4) is 0 Å². The summed E-state index contributed by atoms with van der Waals surface area (Å²) < 4.78 is 45.0. The van der Waals surface area contributed by atoms with Crippen molar-refractivity contribution in [1.29, 1.82) is 0 Å². The Bertz CT molecular complexity index is 958. The van der Waals surface area contributed by atoms with Crippen molar-refractivity contribution in [2.75, 3.05) is 66.1 Å². The first kappa shape index (κ1) is 23.3. The van der Waals surface area contributed by atoms with Crippen LogP contribution in [-0.4, -0.2) is 74.5 Å². The van der Waals surface area contributed by atoms with Crippen molar-refractivity contribution in [2.45, 2.75) is 10.9 Å². The fraction of sp³-hybridized carbons (Fsp3) is 0.455. The molecule has 1 N–H and O–H groups in total. The number of ether oxygens (including phenoxy) is 3. The second-order valence-electron chi connectivity index (χ2n) is 7.52. The smallest absolute Gasteiger partial charge is 0.244 e. The quantitative estimate of drug-likeness (QED) is 0.628. The standard InChI is InChI=1S/C22H31N3O5S/c1-24(2)18-7-5-17(6-8-18)20(25-11-13-30-14-12-25)16-23-31(26,27)22-15-19(28-3)9-10-21(22)29-4/h5-10,15,20,23H,11-14,16H2,1-4H3/t20-/m1/s1. The molecule has 0 aliphatic carbocycles. The second-order valence-corrected chi connectivity index (χ2v) is 9.25. The second kappa shape index (κ2) is 10.3. The van der Waals surface area contributed by atoms with Crippen molar-refractivity contribution in [2.24, 2.45) is 0 Å². The maximum atomic E-state index is 13.1. The van der Waals surface area contributed by atoms with E-state index in [-0.39, 0.29) is 23.2 Å². The maximum Gasteiger partial charge on any atom is 0.244 e. The molecule has 0 spiro atoms. The van der Waals surface area contributed by atoms with E-state index < -0.39 is 10.0 Å². The van der Waals surface area contributed by atoms with Gasteiger partial charge in [0.1, 0.15) is 16.4 Å². The van der Waals surface area contributed by atoms with Gasteiger partial charge in [0.05, 0.1) is 27.4 Å². The van der Waals surface area contributed by atoms with Crippen LogP contribution in [0.5, 0.6) is 11.5 Å². The predicted octanol–water partition coefficient (Wildman–Crippen LogP) is 2.12. The average Bonchev–Trinajstić information content (AvgIpc) is 2.79. The van der Waals surface area contributed by atoms with Crippen LogP contribution in [-0.2, 0) is 14.8 Å². The lowest BCUT2D eigenvalue weighted by molar-refractivity contribution is 0.0172. The summed E-state index contributed by atoms with van der Waals surface area (Å²) >= 11 is 0. The summed E-state index contributed by atoms with van der Waals surface area (Å²) in [5.74, 6) is 0.719. The topological polar surface area (TPSA) is 80.3 Å². The number of hydrogen-bond acceptors (Lipinski definition) is 7. The molecule has 0 amide bonds. The molecule has 1 aliphatic rings. The number of anilines is 1. The number of hydrogen-bond donors (Lipinski definition) is 1.